The minimum Gasteiger partial charge on any atom is -0.361 e. The number of aromatic nitrogens is 1. The van der Waals surface area contributed by atoms with E-state index in [2.05, 4.69) is 48.5 Å². The highest BCUT2D eigenvalue weighted by Gasteiger charge is 2.44. The van der Waals surface area contributed by atoms with E-state index in [1.54, 1.807) is 34.1 Å². The molecule has 79 heavy (non-hydrogen) atoms. The van der Waals surface area contributed by atoms with Gasteiger partial charge in [0, 0.05) is 84.0 Å². The van der Waals surface area contributed by atoms with Crippen molar-refractivity contribution in [3.05, 3.63) is 114 Å². The van der Waals surface area contributed by atoms with Gasteiger partial charge in [0.15, 0.2) is 0 Å². The molecule has 2 heterocycles. The Hall–Kier alpha value is -7.30. The molecule has 2 unspecified atom stereocenters. The van der Waals surface area contributed by atoms with Crippen molar-refractivity contribution in [2.24, 2.45) is 17.8 Å². The van der Waals surface area contributed by atoms with Crippen molar-refractivity contribution in [2.75, 3.05) is 54.9 Å². The lowest BCUT2D eigenvalue weighted by molar-refractivity contribution is -0.155. The number of aromatic amines is 1. The molecule has 0 saturated carbocycles. The monoisotopic (exact) mass is 1090 g/mol. The Kier molecular flexibility index (Phi) is 27.2. The van der Waals surface area contributed by atoms with Crippen LogP contribution in [0.1, 0.15) is 111 Å². The average Bonchev–Trinajstić information content (AvgIpc) is 4.10. The second-order valence-electron chi connectivity index (χ2n) is 21.6. The van der Waals surface area contributed by atoms with Gasteiger partial charge < -0.3 is 45.0 Å². The van der Waals surface area contributed by atoms with E-state index in [1.807, 2.05) is 113 Å². The average molecular weight is 1090 g/mol. The number of rotatable bonds is 22. The van der Waals surface area contributed by atoms with Crippen LogP contribution in [0.2, 0.25) is 0 Å². The molecule has 0 bridgehead atoms. The van der Waals surface area contributed by atoms with Crippen molar-refractivity contribution in [3.63, 3.8) is 0 Å². The van der Waals surface area contributed by atoms with E-state index in [0.29, 0.717) is 19.3 Å². The largest absolute Gasteiger partial charge is 0.361 e. The van der Waals surface area contributed by atoms with E-state index in [-0.39, 0.29) is 50.2 Å². The first-order chi connectivity index (χ1) is 37.4. The zero-order valence-corrected chi connectivity index (χ0v) is 49.7. The normalized spacial score (nSPS) is 14.8. The molecule has 3 aromatic carbocycles. The number of nitrogens with one attached hydrogen (secondary N) is 3. The summed E-state index contributed by atoms with van der Waals surface area (Å²) < 4.78 is 0. The molecule has 1 aliphatic heterocycles. The summed E-state index contributed by atoms with van der Waals surface area (Å²) in [6, 6.07) is 22.5. The van der Waals surface area contributed by atoms with Crippen LogP contribution in [0.4, 0.5) is 0 Å². The summed E-state index contributed by atoms with van der Waals surface area (Å²) in [6.07, 6.45) is 8.54. The molecule has 1 aromatic heterocycles. The fourth-order valence-electron chi connectivity index (χ4n) is 9.55. The van der Waals surface area contributed by atoms with E-state index in [9.17, 15) is 38.4 Å². The fourth-order valence-corrected chi connectivity index (χ4v) is 9.55. The number of benzene rings is 3. The molecule has 17 heteroatoms. The van der Waals surface area contributed by atoms with Crippen LogP contribution < -0.4 is 10.6 Å². The van der Waals surface area contributed by atoms with Crippen LogP contribution in [0, 0.1) is 24.7 Å². The Bertz CT molecular complexity index is 2640. The van der Waals surface area contributed by atoms with Crippen LogP contribution in [0.25, 0.3) is 17.0 Å². The first-order valence-corrected chi connectivity index (χ1v) is 27.8. The third-order valence-electron chi connectivity index (χ3n) is 14.1. The SMILES string of the molecule is CCC.CC[C@H](C)[C@@H](C(=O)N(C)/C=C\c1c[nH]c2ccccc12)N(C)C(=O)CN(C)C(=O)C(C(C)C)N(C)C(=O)[C@H](CC(C)C)N(C)C(=O)C1CCCN1C(=O)[C@H](Cc1ccccc1)NC(=O)CNC(C)=O.Cc1ccccc1. The smallest absolute Gasteiger partial charge is 0.249 e. The molecule has 0 radical (unpaired) electrons. The summed E-state index contributed by atoms with van der Waals surface area (Å²) in [4.78, 5) is 122. The van der Waals surface area contributed by atoms with Crippen molar-refractivity contribution < 1.29 is 38.4 Å². The van der Waals surface area contributed by atoms with E-state index in [0.717, 1.165) is 22.0 Å². The van der Waals surface area contributed by atoms with E-state index in [4.69, 9.17) is 0 Å². The zero-order chi connectivity index (χ0) is 59.1. The maximum Gasteiger partial charge on any atom is 0.249 e. The first-order valence-electron chi connectivity index (χ1n) is 27.8. The van der Waals surface area contributed by atoms with Gasteiger partial charge in [-0.05, 0) is 61.6 Å². The summed E-state index contributed by atoms with van der Waals surface area (Å²) in [7, 11) is 7.78. The maximum atomic E-state index is 14.7. The topological polar surface area (TPSA) is 196 Å². The third-order valence-corrected chi connectivity index (χ3v) is 14.1. The minimum absolute atomic E-state index is 0.0498. The predicted molar refractivity (Wildman–Crippen MR) is 314 cm³/mol. The number of amides is 8. The van der Waals surface area contributed by atoms with Crippen molar-refractivity contribution in [1.29, 1.82) is 0 Å². The molecule has 17 nitrogen and oxygen atoms in total. The van der Waals surface area contributed by atoms with Gasteiger partial charge in [-0.15, -0.1) is 0 Å². The lowest BCUT2D eigenvalue weighted by Crippen LogP contribution is -2.60. The number of carbonyl (C=O) groups is 8. The maximum absolute atomic E-state index is 14.7. The standard InChI is InChI=1S/C52H75N9O8.C7H8.C3H8/c1-13-35(6)47(52(69)56(8)27-25-38-30-54-40-23-18-17-22-39(38)40)59(11)45(64)32-57(9)51(68)46(34(4)5)60(12)50(67)43(28-33(2)3)58(10)49(66)42-24-19-26-61(42)48(65)41(29-37-20-15-14-16-21-37)55-44(63)31-53-36(7)62;1-7-5-3-2-4-6-7;1-3-2/h14-18,20-23,25,27,30,33-35,41-43,46-47,54H,13,19,24,26,28-29,31-32H2,1-12H3,(H,53,62)(H,55,63);2-6H,1H3;3H2,1-2H3/b27-25-;;/t35-,41-,42?,43-,46?,47-;;/m0../s1. The number of likely N-dealkylation sites (tertiary alicyclic amines) is 1. The highest BCUT2D eigenvalue weighted by molar-refractivity contribution is 5.97. The molecule has 0 aliphatic carbocycles. The second-order valence-corrected chi connectivity index (χ2v) is 21.6. The van der Waals surface area contributed by atoms with Crippen LogP contribution in [-0.4, -0.2) is 167 Å². The molecule has 8 amide bonds. The van der Waals surface area contributed by atoms with E-state index < -0.39 is 77.5 Å². The Morgan fingerprint density at radius 1 is 0.747 bits per heavy atom. The number of fused-ring (bicyclic) bond motifs is 1. The van der Waals surface area contributed by atoms with Gasteiger partial charge in [-0.3, -0.25) is 38.4 Å². The first kappa shape index (κ1) is 66.0. The van der Waals surface area contributed by atoms with Crippen LogP contribution in [0.3, 0.4) is 0 Å². The summed E-state index contributed by atoms with van der Waals surface area (Å²) in [5, 5.41) is 6.22. The number of hydrogen-bond donors (Lipinski definition) is 3. The van der Waals surface area contributed by atoms with Gasteiger partial charge in [0.05, 0.1) is 13.1 Å². The molecule has 5 rings (SSSR count). The van der Waals surface area contributed by atoms with Gasteiger partial charge in [0.2, 0.25) is 47.3 Å². The van der Waals surface area contributed by atoms with Gasteiger partial charge in [-0.2, -0.15) is 0 Å². The van der Waals surface area contributed by atoms with Crippen LogP contribution >= 0.6 is 0 Å². The predicted octanol–water partition coefficient (Wildman–Crippen LogP) is 7.55. The summed E-state index contributed by atoms with van der Waals surface area (Å²) in [5.41, 5.74) is 3.99. The fraction of sp³-hybridized carbons (Fsp3) is 0.516. The Morgan fingerprint density at radius 3 is 1.90 bits per heavy atom. The quantitative estimate of drug-likeness (QED) is 0.0718. The zero-order valence-electron chi connectivity index (χ0n) is 49.7. The van der Waals surface area contributed by atoms with Crippen molar-refractivity contribution >= 4 is 64.2 Å². The molecule has 432 valence electrons. The van der Waals surface area contributed by atoms with Crippen molar-refractivity contribution in [1.82, 2.24) is 45.0 Å². The lowest BCUT2D eigenvalue weighted by Gasteiger charge is -2.39. The van der Waals surface area contributed by atoms with Gasteiger partial charge in [-0.25, -0.2) is 0 Å². The lowest BCUT2D eigenvalue weighted by atomic mass is 9.96. The molecule has 0 spiro atoms. The van der Waals surface area contributed by atoms with Crippen molar-refractivity contribution in [3.8, 4) is 0 Å². The summed E-state index contributed by atoms with van der Waals surface area (Å²) >= 11 is 0. The number of carbonyl (C=O) groups excluding carboxylic acids is 8. The van der Waals surface area contributed by atoms with Gasteiger partial charge >= 0.3 is 0 Å². The summed E-state index contributed by atoms with van der Waals surface area (Å²) in [5.74, 6) is -4.22. The number of aryl methyl sites for hydroxylation is 1. The van der Waals surface area contributed by atoms with Crippen molar-refractivity contribution in [2.45, 2.75) is 138 Å². The third kappa shape index (κ3) is 19.5. The molecular formula is C62H91N9O8. The molecule has 1 aliphatic rings. The minimum atomic E-state index is -1.03. The molecular weight excluding hydrogens is 999 g/mol. The molecule has 1 fully saturated rings. The van der Waals surface area contributed by atoms with Crippen LogP contribution in [-0.2, 0) is 44.8 Å². The van der Waals surface area contributed by atoms with E-state index >= 15 is 0 Å². The molecule has 6 atom stereocenters. The number of hydrogen-bond acceptors (Lipinski definition) is 8. The van der Waals surface area contributed by atoms with Crippen LogP contribution in [0.5, 0.6) is 0 Å². The Labute approximate surface area is 470 Å². The number of nitrogens with zero attached hydrogens (tertiary/aromatic N) is 6. The highest BCUT2D eigenvalue weighted by atomic mass is 16.2. The number of likely N-dealkylation sites (N-methyl/N-ethyl adjacent to an activating group) is 5. The molecule has 4 aromatic rings. The Morgan fingerprint density at radius 2 is 1.34 bits per heavy atom. The highest BCUT2D eigenvalue weighted by Crippen LogP contribution is 2.26. The second kappa shape index (κ2) is 32.6. The van der Waals surface area contributed by atoms with E-state index in [1.165, 1.54) is 69.5 Å². The van der Waals surface area contributed by atoms with Gasteiger partial charge in [-0.1, -0.05) is 153 Å². The molecule has 1 saturated heterocycles. The van der Waals surface area contributed by atoms with Gasteiger partial charge in [0.25, 0.3) is 0 Å². The Balaban J connectivity index is 0.00000148. The van der Waals surface area contributed by atoms with Crippen LogP contribution in [0.15, 0.2) is 97.3 Å². The van der Waals surface area contributed by atoms with Gasteiger partial charge in [0.1, 0.15) is 30.2 Å². The molecule has 3 N–H and O–H groups in total. The number of H-pyrrole nitrogens is 1. The summed E-state index contributed by atoms with van der Waals surface area (Å²) in [6.45, 7) is 18.5. The number of para-hydroxylation sites is 1.